The van der Waals surface area contributed by atoms with Crippen LogP contribution in [0.25, 0.3) is 10.1 Å². The number of hydrogen-bond donors (Lipinski definition) is 0. The maximum Gasteiger partial charge on any atom is 0.263 e. The number of carbonyl (C=O) groups excluding carboxylic acids is 1. The molecule has 3 aromatic rings. The van der Waals surface area contributed by atoms with Crippen LogP contribution in [0.4, 0.5) is 4.39 Å². The zero-order chi connectivity index (χ0) is 15.8. The Morgan fingerprint density at radius 3 is 2.65 bits per heavy atom. The fraction of sp³-hybridized carbons (Fsp3) is 0.312. The standard InChI is InChI=1S/C16H15FN4OS/c17-12-1-2-14-11(9-12)10-15(23-14)16(22)20-7-3-13(4-8-20)21-18-5-6-19-21/h1-2,5-6,9-10,13H,3-4,7-8H2. The van der Waals surface area contributed by atoms with Crippen molar-refractivity contribution in [3.05, 3.63) is 47.4 Å². The Labute approximate surface area is 136 Å². The lowest BCUT2D eigenvalue weighted by Gasteiger charge is -2.31. The summed E-state index contributed by atoms with van der Waals surface area (Å²) in [6.07, 6.45) is 5.04. The number of halogens is 1. The van der Waals surface area contributed by atoms with Crippen molar-refractivity contribution in [1.82, 2.24) is 19.9 Å². The third kappa shape index (κ3) is 2.72. The van der Waals surface area contributed by atoms with Crippen molar-refractivity contribution in [2.45, 2.75) is 18.9 Å². The van der Waals surface area contributed by atoms with Gasteiger partial charge in [0.05, 0.1) is 23.3 Å². The molecule has 0 aliphatic carbocycles. The molecule has 1 aliphatic rings. The number of piperidine rings is 1. The molecule has 1 saturated heterocycles. The van der Waals surface area contributed by atoms with Crippen molar-refractivity contribution >= 4 is 27.3 Å². The van der Waals surface area contributed by atoms with Crippen LogP contribution >= 0.6 is 11.3 Å². The molecule has 0 spiro atoms. The number of aromatic nitrogens is 3. The Bertz CT molecular complexity index is 837. The molecule has 0 bridgehead atoms. The average molecular weight is 330 g/mol. The first-order valence-electron chi connectivity index (χ1n) is 7.55. The number of nitrogens with zero attached hydrogens (tertiary/aromatic N) is 4. The summed E-state index contributed by atoms with van der Waals surface area (Å²) in [5, 5.41) is 9.13. The Morgan fingerprint density at radius 2 is 1.91 bits per heavy atom. The van der Waals surface area contributed by atoms with Gasteiger partial charge in [0.1, 0.15) is 5.82 Å². The number of rotatable bonds is 2. The lowest BCUT2D eigenvalue weighted by molar-refractivity contribution is 0.0689. The van der Waals surface area contributed by atoms with Crippen LogP contribution in [0.5, 0.6) is 0 Å². The number of fused-ring (bicyclic) bond motifs is 1. The monoisotopic (exact) mass is 330 g/mol. The van der Waals surface area contributed by atoms with E-state index in [-0.39, 0.29) is 17.8 Å². The van der Waals surface area contributed by atoms with Crippen molar-refractivity contribution in [3.63, 3.8) is 0 Å². The number of carbonyl (C=O) groups is 1. The van der Waals surface area contributed by atoms with Crippen LogP contribution < -0.4 is 0 Å². The first-order valence-corrected chi connectivity index (χ1v) is 8.36. The quantitative estimate of drug-likeness (QED) is 0.725. The molecular weight excluding hydrogens is 315 g/mol. The Hall–Kier alpha value is -2.28. The van der Waals surface area contributed by atoms with E-state index in [4.69, 9.17) is 0 Å². The Kier molecular flexibility index (Phi) is 3.57. The van der Waals surface area contributed by atoms with Gasteiger partial charge < -0.3 is 4.90 Å². The molecule has 4 rings (SSSR count). The SMILES string of the molecule is O=C(c1cc2cc(F)ccc2s1)N1CCC(n2nccn2)CC1. The van der Waals surface area contributed by atoms with Crippen LogP contribution in [-0.4, -0.2) is 38.9 Å². The van der Waals surface area contributed by atoms with Crippen LogP contribution in [0.15, 0.2) is 36.7 Å². The number of benzene rings is 1. The van der Waals surface area contributed by atoms with Crippen molar-refractivity contribution in [3.8, 4) is 0 Å². The summed E-state index contributed by atoms with van der Waals surface area (Å²) in [4.78, 5) is 16.9. The summed E-state index contributed by atoms with van der Waals surface area (Å²) in [7, 11) is 0. The molecule has 7 heteroatoms. The van der Waals surface area contributed by atoms with E-state index >= 15 is 0 Å². The van der Waals surface area contributed by atoms with E-state index in [1.54, 1.807) is 29.3 Å². The summed E-state index contributed by atoms with van der Waals surface area (Å²) in [6, 6.07) is 6.66. The molecule has 0 atom stereocenters. The van der Waals surface area contributed by atoms with Crippen LogP contribution in [0.3, 0.4) is 0 Å². The third-order valence-electron chi connectivity index (χ3n) is 4.20. The van der Waals surface area contributed by atoms with Gasteiger partial charge in [-0.1, -0.05) is 0 Å². The topological polar surface area (TPSA) is 51.0 Å². The van der Waals surface area contributed by atoms with E-state index in [0.29, 0.717) is 18.0 Å². The summed E-state index contributed by atoms with van der Waals surface area (Å²) < 4.78 is 14.2. The fourth-order valence-electron chi connectivity index (χ4n) is 2.99. The molecule has 3 heterocycles. The van der Waals surface area contributed by atoms with Crippen molar-refractivity contribution < 1.29 is 9.18 Å². The van der Waals surface area contributed by atoms with E-state index in [1.807, 2.05) is 4.90 Å². The highest BCUT2D eigenvalue weighted by Gasteiger charge is 2.26. The van der Waals surface area contributed by atoms with Gasteiger partial charge in [-0.15, -0.1) is 11.3 Å². The highest BCUT2D eigenvalue weighted by Crippen LogP contribution is 2.29. The summed E-state index contributed by atoms with van der Waals surface area (Å²) >= 11 is 1.42. The Balaban J connectivity index is 1.48. The van der Waals surface area contributed by atoms with E-state index in [2.05, 4.69) is 10.2 Å². The summed E-state index contributed by atoms with van der Waals surface area (Å²) in [6.45, 7) is 1.38. The number of amides is 1. The minimum absolute atomic E-state index is 0.0264. The molecule has 2 aromatic heterocycles. The largest absolute Gasteiger partial charge is 0.338 e. The second-order valence-corrected chi connectivity index (χ2v) is 6.75. The van der Waals surface area contributed by atoms with Crippen LogP contribution in [0.2, 0.25) is 0 Å². The van der Waals surface area contributed by atoms with Crippen molar-refractivity contribution in [1.29, 1.82) is 0 Å². The van der Waals surface area contributed by atoms with E-state index in [9.17, 15) is 9.18 Å². The highest BCUT2D eigenvalue weighted by atomic mass is 32.1. The molecule has 23 heavy (non-hydrogen) atoms. The van der Waals surface area contributed by atoms with Gasteiger partial charge in [0, 0.05) is 17.8 Å². The highest BCUT2D eigenvalue weighted by molar-refractivity contribution is 7.20. The number of likely N-dealkylation sites (tertiary alicyclic amines) is 1. The van der Waals surface area contributed by atoms with E-state index in [1.165, 1.54) is 23.5 Å². The smallest absolute Gasteiger partial charge is 0.263 e. The van der Waals surface area contributed by atoms with Gasteiger partial charge in [-0.25, -0.2) is 4.39 Å². The van der Waals surface area contributed by atoms with Gasteiger partial charge in [-0.05, 0) is 42.5 Å². The van der Waals surface area contributed by atoms with Crippen LogP contribution in [-0.2, 0) is 0 Å². The molecule has 0 saturated carbocycles. The van der Waals surface area contributed by atoms with Crippen LogP contribution in [0.1, 0.15) is 28.6 Å². The molecular formula is C16H15FN4OS. The van der Waals surface area contributed by atoms with Gasteiger partial charge in [0.25, 0.3) is 5.91 Å². The molecule has 118 valence electrons. The molecule has 0 N–H and O–H groups in total. The number of hydrogen-bond acceptors (Lipinski definition) is 4. The van der Waals surface area contributed by atoms with Crippen molar-refractivity contribution in [2.24, 2.45) is 0 Å². The maximum atomic E-state index is 13.3. The zero-order valence-electron chi connectivity index (χ0n) is 12.4. The molecule has 1 fully saturated rings. The first kappa shape index (κ1) is 14.3. The fourth-order valence-corrected chi connectivity index (χ4v) is 4.00. The average Bonchev–Trinajstić information content (AvgIpc) is 3.23. The molecule has 1 aromatic carbocycles. The molecule has 1 aliphatic heterocycles. The van der Waals surface area contributed by atoms with Gasteiger partial charge in [0.2, 0.25) is 0 Å². The maximum absolute atomic E-state index is 13.3. The van der Waals surface area contributed by atoms with Gasteiger partial charge in [-0.3, -0.25) is 4.79 Å². The Morgan fingerprint density at radius 1 is 1.17 bits per heavy atom. The van der Waals surface area contributed by atoms with E-state index in [0.717, 1.165) is 22.9 Å². The van der Waals surface area contributed by atoms with Gasteiger partial charge >= 0.3 is 0 Å². The zero-order valence-corrected chi connectivity index (χ0v) is 13.2. The second-order valence-electron chi connectivity index (χ2n) is 5.67. The third-order valence-corrected chi connectivity index (χ3v) is 5.31. The minimum Gasteiger partial charge on any atom is -0.338 e. The molecule has 1 amide bonds. The second kappa shape index (κ2) is 5.73. The predicted molar refractivity (Wildman–Crippen MR) is 86.0 cm³/mol. The summed E-state index contributed by atoms with van der Waals surface area (Å²) in [5.74, 6) is -0.250. The number of thiophene rings is 1. The van der Waals surface area contributed by atoms with Gasteiger partial charge in [-0.2, -0.15) is 15.0 Å². The van der Waals surface area contributed by atoms with Gasteiger partial charge in [0.15, 0.2) is 0 Å². The molecule has 0 unspecified atom stereocenters. The van der Waals surface area contributed by atoms with E-state index < -0.39 is 0 Å². The summed E-state index contributed by atoms with van der Waals surface area (Å²) in [5.41, 5.74) is 0. The molecule has 5 nitrogen and oxygen atoms in total. The lowest BCUT2D eigenvalue weighted by Crippen LogP contribution is -2.39. The molecule has 0 radical (unpaired) electrons. The normalized spacial score (nSPS) is 16.1. The van der Waals surface area contributed by atoms with Crippen molar-refractivity contribution in [2.75, 3.05) is 13.1 Å². The minimum atomic E-state index is -0.276. The lowest BCUT2D eigenvalue weighted by atomic mass is 10.1. The van der Waals surface area contributed by atoms with Crippen LogP contribution in [0, 0.1) is 5.82 Å². The first-order chi connectivity index (χ1) is 11.2. The predicted octanol–water partition coefficient (Wildman–Crippen LogP) is 3.11.